The van der Waals surface area contributed by atoms with E-state index >= 15 is 0 Å². The second kappa shape index (κ2) is 19.4. The second-order valence-corrected chi connectivity index (χ2v) is 12.2. The molecular weight excluding hydrogens is 656 g/mol. The van der Waals surface area contributed by atoms with Gasteiger partial charge in [-0.2, -0.15) is 12.6 Å². The number of thiol groups is 1. The Morgan fingerprint density at radius 3 is 1.73 bits per heavy atom. The number of aliphatic carboxylic acids is 3. The molecule has 1 aliphatic heterocycles. The number of rotatable bonds is 19. The molecule has 0 saturated carbocycles. The van der Waals surface area contributed by atoms with Crippen LogP contribution in [0.5, 0.6) is 0 Å². The van der Waals surface area contributed by atoms with Crippen molar-refractivity contribution < 1.29 is 58.5 Å². The highest BCUT2D eigenvalue weighted by Crippen LogP contribution is 2.21. The van der Waals surface area contributed by atoms with Gasteiger partial charge in [-0.1, -0.05) is 34.1 Å². The lowest BCUT2D eigenvalue weighted by Gasteiger charge is -2.33. The molecule has 0 aromatic rings. The zero-order valence-corrected chi connectivity index (χ0v) is 28.4. The number of nitrogens with one attached hydrogen (secondary N) is 5. The molecule has 1 saturated heterocycles. The Morgan fingerprint density at radius 1 is 0.750 bits per heavy atom. The molecule has 270 valence electrons. The number of carboxylic acid groups (broad SMARTS) is 3. The summed E-state index contributed by atoms with van der Waals surface area (Å²) in [5.74, 6) is -10.6. The van der Waals surface area contributed by atoms with Crippen molar-refractivity contribution in [1.82, 2.24) is 31.5 Å². The van der Waals surface area contributed by atoms with Gasteiger partial charge in [0.15, 0.2) is 0 Å². The van der Waals surface area contributed by atoms with Crippen LogP contribution in [0.4, 0.5) is 0 Å². The van der Waals surface area contributed by atoms with Gasteiger partial charge in [0.2, 0.25) is 35.4 Å². The highest BCUT2D eigenvalue weighted by atomic mass is 32.1. The van der Waals surface area contributed by atoms with Crippen molar-refractivity contribution in [2.75, 3.05) is 12.3 Å². The molecule has 7 atom stereocenters. The van der Waals surface area contributed by atoms with Crippen LogP contribution in [0, 0.1) is 11.8 Å². The zero-order valence-electron chi connectivity index (χ0n) is 27.5. The Bertz CT molecular complexity index is 1230. The van der Waals surface area contributed by atoms with Gasteiger partial charge in [0.1, 0.15) is 36.3 Å². The first-order valence-electron chi connectivity index (χ1n) is 15.4. The second-order valence-electron chi connectivity index (χ2n) is 11.9. The minimum atomic E-state index is -1.78. The molecule has 0 spiro atoms. The topological polar surface area (TPSA) is 278 Å². The number of amides is 6. The first-order chi connectivity index (χ1) is 22.3. The van der Waals surface area contributed by atoms with E-state index in [9.17, 15) is 53.4 Å². The number of hydrogen-bond acceptors (Lipinski definition) is 10. The minimum Gasteiger partial charge on any atom is -0.481 e. The Balaban J connectivity index is 3.23. The van der Waals surface area contributed by atoms with Crippen molar-refractivity contribution in [1.29, 1.82) is 0 Å². The van der Waals surface area contributed by atoms with Crippen LogP contribution in [0.2, 0.25) is 0 Å². The molecule has 48 heavy (non-hydrogen) atoms. The number of hydrogen-bond donors (Lipinski definition) is 9. The van der Waals surface area contributed by atoms with E-state index in [1.807, 2.05) is 0 Å². The van der Waals surface area contributed by atoms with Gasteiger partial charge in [0.25, 0.3) is 0 Å². The molecule has 0 radical (unpaired) electrons. The van der Waals surface area contributed by atoms with Crippen molar-refractivity contribution in [3.63, 3.8) is 0 Å². The SMILES string of the molecule is CCC(C)[C@H](NC(=O)[C@H](CC(=O)O)NC(=O)[C@H](CC(=O)O)NC(C)=O)C(=O)N[C@H](C(=O)N1CCC[C@H]1C(=O)NC(CS)C(=O)O)C(C)C. The molecule has 0 aliphatic carbocycles. The van der Waals surface area contributed by atoms with Crippen molar-refractivity contribution >= 4 is 66.0 Å². The van der Waals surface area contributed by atoms with Gasteiger partial charge in [-0.3, -0.25) is 38.4 Å². The van der Waals surface area contributed by atoms with E-state index in [0.29, 0.717) is 12.8 Å². The third-order valence-corrected chi connectivity index (χ3v) is 8.11. The van der Waals surface area contributed by atoms with Crippen LogP contribution in [0.1, 0.15) is 66.7 Å². The summed E-state index contributed by atoms with van der Waals surface area (Å²) in [5, 5.41) is 39.5. The summed E-state index contributed by atoms with van der Waals surface area (Å²) in [6.07, 6.45) is -0.772. The predicted molar refractivity (Wildman–Crippen MR) is 170 cm³/mol. The molecule has 18 nitrogen and oxygen atoms in total. The number of likely N-dealkylation sites (tertiary alicyclic amines) is 1. The monoisotopic (exact) mass is 702 g/mol. The lowest BCUT2D eigenvalue weighted by atomic mass is 9.95. The fourth-order valence-electron chi connectivity index (χ4n) is 4.93. The third kappa shape index (κ3) is 12.6. The van der Waals surface area contributed by atoms with E-state index in [-0.39, 0.29) is 18.7 Å². The van der Waals surface area contributed by atoms with E-state index < -0.39 is 114 Å². The van der Waals surface area contributed by atoms with Crippen LogP contribution >= 0.6 is 12.6 Å². The van der Waals surface area contributed by atoms with Crippen molar-refractivity contribution in [3.05, 3.63) is 0 Å². The van der Waals surface area contributed by atoms with Crippen LogP contribution in [0.3, 0.4) is 0 Å². The summed E-state index contributed by atoms with van der Waals surface area (Å²) in [6.45, 7) is 7.82. The maximum Gasteiger partial charge on any atom is 0.327 e. The fourth-order valence-corrected chi connectivity index (χ4v) is 5.18. The number of carbonyl (C=O) groups excluding carboxylic acids is 6. The average molecular weight is 703 g/mol. The molecular formula is C29H46N6O12S. The molecule has 6 amide bonds. The molecule has 1 rings (SSSR count). The number of carboxylic acids is 3. The highest BCUT2D eigenvalue weighted by Gasteiger charge is 2.41. The lowest BCUT2D eigenvalue weighted by molar-refractivity contribution is -0.145. The molecule has 19 heteroatoms. The van der Waals surface area contributed by atoms with E-state index in [2.05, 4.69) is 39.2 Å². The van der Waals surface area contributed by atoms with Crippen LogP contribution < -0.4 is 26.6 Å². The normalized spacial score (nSPS) is 17.9. The molecule has 8 N–H and O–H groups in total. The van der Waals surface area contributed by atoms with Crippen LogP contribution in [0.25, 0.3) is 0 Å². The molecule has 0 bridgehead atoms. The van der Waals surface area contributed by atoms with Gasteiger partial charge >= 0.3 is 17.9 Å². The molecule has 0 aromatic heterocycles. The van der Waals surface area contributed by atoms with E-state index in [1.54, 1.807) is 27.7 Å². The van der Waals surface area contributed by atoms with E-state index in [1.165, 1.54) is 4.90 Å². The fraction of sp³-hybridized carbons (Fsp3) is 0.690. The highest BCUT2D eigenvalue weighted by molar-refractivity contribution is 7.80. The molecule has 0 aromatic carbocycles. The van der Waals surface area contributed by atoms with Gasteiger partial charge in [0, 0.05) is 19.2 Å². The van der Waals surface area contributed by atoms with Crippen LogP contribution in [0.15, 0.2) is 0 Å². The van der Waals surface area contributed by atoms with Crippen LogP contribution in [-0.2, 0) is 43.2 Å². The van der Waals surface area contributed by atoms with E-state index in [4.69, 9.17) is 5.11 Å². The average Bonchev–Trinajstić information content (AvgIpc) is 3.48. The van der Waals surface area contributed by atoms with Gasteiger partial charge in [-0.15, -0.1) is 0 Å². The Morgan fingerprint density at radius 2 is 1.27 bits per heavy atom. The maximum atomic E-state index is 13.7. The first kappa shape index (κ1) is 41.6. The molecule has 1 aliphatic rings. The largest absolute Gasteiger partial charge is 0.481 e. The maximum absolute atomic E-state index is 13.7. The van der Waals surface area contributed by atoms with Crippen molar-refractivity contribution in [2.45, 2.75) is 103 Å². The summed E-state index contributed by atoms with van der Waals surface area (Å²) in [5.41, 5.74) is 0. The zero-order chi connectivity index (χ0) is 36.9. The van der Waals surface area contributed by atoms with Crippen molar-refractivity contribution in [2.24, 2.45) is 11.8 Å². The van der Waals surface area contributed by atoms with Crippen LogP contribution in [-0.4, -0.2) is 122 Å². The van der Waals surface area contributed by atoms with E-state index in [0.717, 1.165) is 6.92 Å². The summed E-state index contributed by atoms with van der Waals surface area (Å²) in [7, 11) is 0. The summed E-state index contributed by atoms with van der Waals surface area (Å²) < 4.78 is 0. The predicted octanol–water partition coefficient (Wildman–Crippen LogP) is -1.91. The number of nitrogens with zero attached hydrogens (tertiary/aromatic N) is 1. The summed E-state index contributed by atoms with van der Waals surface area (Å²) in [4.78, 5) is 113. The summed E-state index contributed by atoms with van der Waals surface area (Å²) in [6, 6.07) is -8.19. The Kier molecular flexibility index (Phi) is 16.8. The molecule has 1 heterocycles. The quantitative estimate of drug-likeness (QED) is 0.0667. The number of carbonyl (C=O) groups is 9. The summed E-state index contributed by atoms with van der Waals surface area (Å²) >= 11 is 3.94. The van der Waals surface area contributed by atoms with Crippen molar-refractivity contribution in [3.8, 4) is 0 Å². The van der Waals surface area contributed by atoms with Gasteiger partial charge in [0.05, 0.1) is 12.8 Å². The molecule has 2 unspecified atom stereocenters. The Hall–Kier alpha value is -4.42. The third-order valence-electron chi connectivity index (χ3n) is 7.74. The van der Waals surface area contributed by atoms with Gasteiger partial charge in [-0.05, 0) is 24.7 Å². The minimum absolute atomic E-state index is 0.165. The van der Waals surface area contributed by atoms with Gasteiger partial charge < -0.3 is 46.8 Å². The first-order valence-corrected chi connectivity index (χ1v) is 16.0. The standard InChI is InChI=1S/C29H46N6O12S/c1-6-14(4)23(34-25(42)17(11-21(39)40)31-24(41)16(10-20(37)38)30-15(5)36)27(44)33-22(13(2)3)28(45)35-9-7-8-19(35)26(43)32-18(12-48)29(46)47/h13-14,16-19,22-23,48H,6-12H2,1-5H3,(H,30,36)(H,31,41)(H,32,43)(H,33,44)(H,34,42)(H,37,38)(H,39,40)(H,46,47)/t14?,16-,17-,18?,19-,22-,23-/m0/s1. The molecule has 1 fully saturated rings. The lowest BCUT2D eigenvalue weighted by Crippen LogP contribution is -2.61. The Labute approximate surface area is 282 Å². The van der Waals surface area contributed by atoms with Gasteiger partial charge in [-0.25, -0.2) is 4.79 Å². The smallest absolute Gasteiger partial charge is 0.327 e.